The summed E-state index contributed by atoms with van der Waals surface area (Å²) in [5, 5.41) is 0. The largest absolute Gasteiger partial charge is 0.455 e. The molecule has 1 amide bonds. The zero-order valence-electron chi connectivity index (χ0n) is 7.55. The van der Waals surface area contributed by atoms with Crippen LogP contribution in [0.3, 0.4) is 0 Å². The maximum Gasteiger partial charge on any atom is 0.284 e. The lowest BCUT2D eigenvalue weighted by Crippen LogP contribution is -2.11. The molecule has 0 aliphatic rings. The normalized spacial score (nSPS) is 11.6. The number of nitrogens with two attached hydrogens (primary N) is 1. The third-order valence-electron chi connectivity index (χ3n) is 1.59. The molecule has 0 saturated heterocycles. The molecule has 0 spiro atoms. The summed E-state index contributed by atoms with van der Waals surface area (Å²) in [6.07, 6.45) is 0. The molecule has 0 unspecified atom stereocenters. The number of hydrogen-bond donors (Lipinski definition) is 1. The molecule has 1 rings (SSSR count). The Kier molecular flexibility index (Phi) is 1.96. The summed E-state index contributed by atoms with van der Waals surface area (Å²) in [5.41, 5.74) is 4.96. The average molecular weight is 167 g/mol. The Balaban J connectivity index is 3.00. The molecule has 3 heteroatoms. The van der Waals surface area contributed by atoms with Crippen LogP contribution < -0.4 is 5.73 Å². The van der Waals surface area contributed by atoms with Crippen LogP contribution in [0.4, 0.5) is 0 Å². The predicted molar refractivity (Wildman–Crippen MR) is 45.9 cm³/mol. The molecule has 0 saturated carbocycles. The van der Waals surface area contributed by atoms with Gasteiger partial charge in [0.1, 0.15) is 5.76 Å². The van der Waals surface area contributed by atoms with E-state index >= 15 is 0 Å². The molecule has 0 fully saturated rings. The third-order valence-corrected chi connectivity index (χ3v) is 1.59. The van der Waals surface area contributed by atoms with Gasteiger partial charge in [0.25, 0.3) is 5.91 Å². The monoisotopic (exact) mass is 167 g/mol. The molecular weight excluding hydrogens is 154 g/mol. The minimum atomic E-state index is -0.523. The fourth-order valence-corrected chi connectivity index (χ4v) is 0.873. The number of carbonyl (C=O) groups is 1. The van der Waals surface area contributed by atoms with Crippen molar-refractivity contribution in [3.8, 4) is 0 Å². The molecule has 0 radical (unpaired) electrons. The highest BCUT2D eigenvalue weighted by molar-refractivity contribution is 5.89. The minimum Gasteiger partial charge on any atom is -0.455 e. The first-order valence-electron chi connectivity index (χ1n) is 3.81. The highest BCUT2D eigenvalue weighted by Gasteiger charge is 2.19. The quantitative estimate of drug-likeness (QED) is 0.691. The molecular formula is C9H13NO2. The first kappa shape index (κ1) is 8.84. The van der Waals surface area contributed by atoms with E-state index in [-0.39, 0.29) is 11.2 Å². The van der Waals surface area contributed by atoms with Gasteiger partial charge in [-0.3, -0.25) is 4.79 Å². The first-order chi connectivity index (χ1) is 5.41. The summed E-state index contributed by atoms with van der Waals surface area (Å²) in [6, 6.07) is 3.38. The van der Waals surface area contributed by atoms with Crippen LogP contribution in [-0.4, -0.2) is 5.91 Å². The summed E-state index contributed by atoms with van der Waals surface area (Å²) in [6.45, 7) is 6.03. The Labute approximate surface area is 71.6 Å². The summed E-state index contributed by atoms with van der Waals surface area (Å²) >= 11 is 0. The second-order valence-electron chi connectivity index (χ2n) is 3.78. The van der Waals surface area contributed by atoms with E-state index in [1.807, 2.05) is 20.8 Å². The molecule has 0 bridgehead atoms. The van der Waals surface area contributed by atoms with Crippen LogP contribution in [0.15, 0.2) is 16.5 Å². The van der Waals surface area contributed by atoms with Crippen LogP contribution in [-0.2, 0) is 5.41 Å². The Morgan fingerprint density at radius 2 is 2.00 bits per heavy atom. The van der Waals surface area contributed by atoms with Crippen LogP contribution in [0, 0.1) is 0 Å². The molecule has 0 atom stereocenters. The van der Waals surface area contributed by atoms with Crippen LogP contribution in [0.5, 0.6) is 0 Å². The van der Waals surface area contributed by atoms with E-state index in [0.29, 0.717) is 0 Å². The molecule has 3 nitrogen and oxygen atoms in total. The highest BCUT2D eigenvalue weighted by atomic mass is 16.4. The summed E-state index contributed by atoms with van der Waals surface area (Å²) in [5.74, 6) is 0.474. The van der Waals surface area contributed by atoms with Crippen LogP contribution in [0.1, 0.15) is 37.1 Å². The molecule has 1 heterocycles. The zero-order valence-corrected chi connectivity index (χ0v) is 7.55. The lowest BCUT2D eigenvalue weighted by molar-refractivity contribution is 0.0970. The fourth-order valence-electron chi connectivity index (χ4n) is 0.873. The Bertz CT molecular complexity index is 294. The zero-order chi connectivity index (χ0) is 9.35. The van der Waals surface area contributed by atoms with Crippen molar-refractivity contribution < 1.29 is 9.21 Å². The second-order valence-corrected chi connectivity index (χ2v) is 3.78. The highest BCUT2D eigenvalue weighted by Crippen LogP contribution is 2.23. The number of furan rings is 1. The van der Waals surface area contributed by atoms with Gasteiger partial charge in [-0.2, -0.15) is 0 Å². The fraction of sp³-hybridized carbons (Fsp3) is 0.444. The van der Waals surface area contributed by atoms with Crippen LogP contribution in [0.2, 0.25) is 0 Å². The maximum atomic E-state index is 10.7. The minimum absolute atomic E-state index is 0.0757. The smallest absolute Gasteiger partial charge is 0.284 e. The molecule has 0 aromatic carbocycles. The SMILES string of the molecule is CC(C)(C)c1ccc(C(N)=O)o1. The van der Waals surface area contributed by atoms with Crippen molar-refractivity contribution in [3.63, 3.8) is 0 Å². The predicted octanol–water partition coefficient (Wildman–Crippen LogP) is 1.68. The van der Waals surface area contributed by atoms with Crippen molar-refractivity contribution in [3.05, 3.63) is 23.7 Å². The third kappa shape index (κ3) is 1.67. The molecule has 0 aliphatic heterocycles. The van der Waals surface area contributed by atoms with E-state index < -0.39 is 5.91 Å². The summed E-state index contributed by atoms with van der Waals surface area (Å²) in [7, 11) is 0. The van der Waals surface area contributed by atoms with Gasteiger partial charge >= 0.3 is 0 Å². The molecule has 1 aromatic rings. The second kappa shape index (κ2) is 2.66. The van der Waals surface area contributed by atoms with Gasteiger partial charge in [0.2, 0.25) is 0 Å². The van der Waals surface area contributed by atoms with E-state index in [9.17, 15) is 4.79 Å². The van der Waals surface area contributed by atoms with Gasteiger partial charge < -0.3 is 10.2 Å². The van der Waals surface area contributed by atoms with Crippen molar-refractivity contribution in [2.45, 2.75) is 26.2 Å². The van der Waals surface area contributed by atoms with Crippen molar-refractivity contribution >= 4 is 5.91 Å². The average Bonchev–Trinajstić information content (AvgIpc) is 2.30. The number of carbonyl (C=O) groups excluding carboxylic acids is 1. The van der Waals surface area contributed by atoms with Gasteiger partial charge in [-0.25, -0.2) is 0 Å². The number of hydrogen-bond acceptors (Lipinski definition) is 2. The van der Waals surface area contributed by atoms with Gasteiger partial charge in [-0.1, -0.05) is 20.8 Å². The molecule has 1 aromatic heterocycles. The van der Waals surface area contributed by atoms with Crippen molar-refractivity contribution in [2.24, 2.45) is 5.73 Å². The Morgan fingerprint density at radius 3 is 2.25 bits per heavy atom. The number of primary amides is 1. The maximum absolute atomic E-state index is 10.7. The molecule has 12 heavy (non-hydrogen) atoms. The van der Waals surface area contributed by atoms with Gasteiger partial charge in [-0.05, 0) is 12.1 Å². The van der Waals surface area contributed by atoms with Crippen LogP contribution in [0.25, 0.3) is 0 Å². The van der Waals surface area contributed by atoms with Crippen molar-refractivity contribution in [2.75, 3.05) is 0 Å². The lowest BCUT2D eigenvalue weighted by Gasteiger charge is -2.13. The van der Waals surface area contributed by atoms with E-state index in [2.05, 4.69) is 0 Å². The van der Waals surface area contributed by atoms with Gasteiger partial charge in [0.05, 0.1) is 0 Å². The number of amides is 1. The number of rotatable bonds is 1. The Morgan fingerprint density at radius 1 is 1.42 bits per heavy atom. The summed E-state index contributed by atoms with van der Waals surface area (Å²) < 4.78 is 5.23. The molecule has 66 valence electrons. The molecule has 2 N–H and O–H groups in total. The van der Waals surface area contributed by atoms with E-state index in [1.165, 1.54) is 0 Å². The lowest BCUT2D eigenvalue weighted by atomic mass is 9.94. The van der Waals surface area contributed by atoms with Crippen molar-refractivity contribution in [1.82, 2.24) is 0 Å². The van der Waals surface area contributed by atoms with Gasteiger partial charge in [0, 0.05) is 5.41 Å². The van der Waals surface area contributed by atoms with E-state index in [1.54, 1.807) is 12.1 Å². The van der Waals surface area contributed by atoms with Gasteiger partial charge in [0.15, 0.2) is 5.76 Å². The standard InChI is InChI=1S/C9H13NO2/c1-9(2,3)7-5-4-6(12-7)8(10)11/h4-5H,1-3H3,(H2,10,11). The Hall–Kier alpha value is -1.25. The van der Waals surface area contributed by atoms with Crippen molar-refractivity contribution in [1.29, 1.82) is 0 Å². The van der Waals surface area contributed by atoms with Crippen LogP contribution >= 0.6 is 0 Å². The van der Waals surface area contributed by atoms with Gasteiger partial charge in [-0.15, -0.1) is 0 Å². The summed E-state index contributed by atoms with van der Waals surface area (Å²) in [4.78, 5) is 10.7. The van der Waals surface area contributed by atoms with E-state index in [4.69, 9.17) is 10.2 Å². The van der Waals surface area contributed by atoms with E-state index in [0.717, 1.165) is 5.76 Å². The first-order valence-corrected chi connectivity index (χ1v) is 3.81. The topological polar surface area (TPSA) is 56.2 Å². The molecule has 0 aliphatic carbocycles.